The molecule has 1 heterocycles. The molecular formula is C13H12ClFN2O3. The number of nitrogens with one attached hydrogen (secondary N) is 2. The number of hydrogen-bond acceptors (Lipinski definition) is 3. The SMILES string of the molecule is CC(O)CNC(=O)c1c[nH]c2cc(Cl)c(F)cc2c1=O. The second-order valence-electron chi connectivity index (χ2n) is 4.40. The minimum atomic E-state index is -0.730. The van der Waals surface area contributed by atoms with E-state index in [2.05, 4.69) is 10.3 Å². The Hall–Kier alpha value is -1.92. The normalized spacial score (nSPS) is 12.4. The van der Waals surface area contributed by atoms with Crippen LogP contribution in [0.15, 0.2) is 23.1 Å². The molecule has 0 saturated heterocycles. The van der Waals surface area contributed by atoms with E-state index < -0.39 is 23.3 Å². The highest BCUT2D eigenvalue weighted by molar-refractivity contribution is 6.31. The fraction of sp³-hybridized carbons (Fsp3) is 0.231. The molecule has 0 aliphatic rings. The molecule has 0 saturated carbocycles. The molecular weight excluding hydrogens is 287 g/mol. The molecule has 1 unspecified atom stereocenters. The zero-order chi connectivity index (χ0) is 14.9. The van der Waals surface area contributed by atoms with E-state index in [4.69, 9.17) is 16.7 Å². The maximum absolute atomic E-state index is 13.4. The van der Waals surface area contributed by atoms with Crippen molar-refractivity contribution in [2.24, 2.45) is 0 Å². The number of benzene rings is 1. The summed E-state index contributed by atoms with van der Waals surface area (Å²) in [5, 5.41) is 11.4. The maximum Gasteiger partial charge on any atom is 0.256 e. The Morgan fingerprint density at radius 2 is 2.25 bits per heavy atom. The number of pyridine rings is 1. The second kappa shape index (κ2) is 5.60. The Labute approximate surface area is 118 Å². The van der Waals surface area contributed by atoms with Crippen molar-refractivity contribution in [1.29, 1.82) is 0 Å². The monoisotopic (exact) mass is 298 g/mol. The molecule has 0 aliphatic heterocycles. The summed E-state index contributed by atoms with van der Waals surface area (Å²) in [4.78, 5) is 26.7. The van der Waals surface area contributed by atoms with Crippen molar-refractivity contribution in [2.45, 2.75) is 13.0 Å². The molecule has 1 aromatic carbocycles. The van der Waals surface area contributed by atoms with Crippen LogP contribution in [0.5, 0.6) is 0 Å². The minimum Gasteiger partial charge on any atom is -0.392 e. The van der Waals surface area contributed by atoms with E-state index in [-0.39, 0.29) is 22.5 Å². The van der Waals surface area contributed by atoms with Gasteiger partial charge in [-0.15, -0.1) is 0 Å². The lowest BCUT2D eigenvalue weighted by Crippen LogP contribution is -2.33. The van der Waals surface area contributed by atoms with Crippen molar-refractivity contribution in [3.8, 4) is 0 Å². The van der Waals surface area contributed by atoms with Gasteiger partial charge in [0.05, 0.1) is 16.6 Å². The number of aromatic nitrogens is 1. The topological polar surface area (TPSA) is 82.2 Å². The van der Waals surface area contributed by atoms with Crippen LogP contribution < -0.4 is 10.7 Å². The third-order valence-corrected chi connectivity index (χ3v) is 3.01. The summed E-state index contributed by atoms with van der Waals surface area (Å²) in [6, 6.07) is 2.27. The van der Waals surface area contributed by atoms with E-state index in [1.54, 1.807) is 0 Å². The van der Waals surface area contributed by atoms with Crippen molar-refractivity contribution < 1.29 is 14.3 Å². The number of aliphatic hydroxyl groups excluding tert-OH is 1. The first-order valence-electron chi connectivity index (χ1n) is 5.87. The quantitative estimate of drug-likeness (QED) is 0.802. The number of halogens is 2. The Balaban J connectivity index is 2.46. The summed E-state index contributed by atoms with van der Waals surface area (Å²) in [6.07, 6.45) is 0.505. The molecule has 3 N–H and O–H groups in total. The molecule has 0 bridgehead atoms. The number of aromatic amines is 1. The van der Waals surface area contributed by atoms with E-state index in [1.165, 1.54) is 19.2 Å². The molecule has 2 rings (SSSR count). The number of rotatable bonds is 3. The van der Waals surface area contributed by atoms with Crippen LogP contribution in [0, 0.1) is 5.82 Å². The van der Waals surface area contributed by atoms with Gasteiger partial charge < -0.3 is 15.4 Å². The van der Waals surface area contributed by atoms with Gasteiger partial charge in [-0.3, -0.25) is 9.59 Å². The summed E-state index contributed by atoms with van der Waals surface area (Å²) in [7, 11) is 0. The van der Waals surface area contributed by atoms with Gasteiger partial charge in [-0.25, -0.2) is 4.39 Å². The number of hydrogen-bond donors (Lipinski definition) is 3. The van der Waals surface area contributed by atoms with Crippen LogP contribution in [0.4, 0.5) is 4.39 Å². The maximum atomic E-state index is 13.4. The Morgan fingerprint density at radius 1 is 1.55 bits per heavy atom. The lowest BCUT2D eigenvalue weighted by molar-refractivity contribution is 0.0923. The third-order valence-electron chi connectivity index (χ3n) is 2.72. The first-order valence-corrected chi connectivity index (χ1v) is 6.24. The Morgan fingerprint density at radius 3 is 2.90 bits per heavy atom. The van der Waals surface area contributed by atoms with Gasteiger partial charge in [0.15, 0.2) is 0 Å². The highest BCUT2D eigenvalue weighted by Crippen LogP contribution is 2.19. The van der Waals surface area contributed by atoms with Gasteiger partial charge in [0.1, 0.15) is 11.4 Å². The van der Waals surface area contributed by atoms with E-state index in [9.17, 15) is 14.0 Å². The first-order chi connectivity index (χ1) is 9.40. The molecule has 1 aromatic heterocycles. The number of carbonyl (C=O) groups is 1. The second-order valence-corrected chi connectivity index (χ2v) is 4.81. The van der Waals surface area contributed by atoms with Crippen molar-refractivity contribution in [3.05, 3.63) is 45.0 Å². The van der Waals surface area contributed by atoms with Crippen LogP contribution in [0.1, 0.15) is 17.3 Å². The standard InChI is InChI=1S/C13H12ClFN2O3/c1-6(18)4-17-13(20)8-5-16-11-3-9(14)10(15)2-7(11)12(8)19/h2-3,5-6,18H,4H2,1H3,(H,16,19)(H,17,20). The van der Waals surface area contributed by atoms with E-state index in [1.807, 2.05) is 0 Å². The molecule has 0 fully saturated rings. The van der Waals surface area contributed by atoms with E-state index in [0.29, 0.717) is 5.52 Å². The van der Waals surface area contributed by atoms with Crippen LogP contribution in [0.3, 0.4) is 0 Å². The van der Waals surface area contributed by atoms with Gasteiger partial charge in [0.2, 0.25) is 5.43 Å². The molecule has 1 amide bonds. The average molecular weight is 299 g/mol. The predicted octanol–water partition coefficient (Wildman–Crippen LogP) is 1.43. The van der Waals surface area contributed by atoms with Gasteiger partial charge in [-0.1, -0.05) is 11.6 Å². The lowest BCUT2D eigenvalue weighted by Gasteiger charge is -2.07. The van der Waals surface area contributed by atoms with Crippen LogP contribution >= 0.6 is 11.6 Å². The summed E-state index contributed by atoms with van der Waals surface area (Å²) in [5.74, 6) is -1.37. The number of carbonyl (C=O) groups excluding carboxylic acids is 1. The summed E-state index contributed by atoms with van der Waals surface area (Å²) in [5.41, 5.74) is -0.411. The fourth-order valence-corrected chi connectivity index (χ4v) is 1.88. The third kappa shape index (κ3) is 2.81. The average Bonchev–Trinajstić information content (AvgIpc) is 2.39. The summed E-state index contributed by atoms with van der Waals surface area (Å²) < 4.78 is 13.4. The van der Waals surface area contributed by atoms with Crippen molar-refractivity contribution in [2.75, 3.05) is 6.54 Å². The first kappa shape index (κ1) is 14.5. The molecule has 5 nitrogen and oxygen atoms in total. The van der Waals surface area contributed by atoms with Crippen LogP contribution in [0.2, 0.25) is 5.02 Å². The highest BCUT2D eigenvalue weighted by Gasteiger charge is 2.14. The predicted molar refractivity (Wildman–Crippen MR) is 73.6 cm³/mol. The van der Waals surface area contributed by atoms with Crippen molar-refractivity contribution in [1.82, 2.24) is 10.3 Å². The zero-order valence-corrected chi connectivity index (χ0v) is 11.3. The molecule has 2 aromatic rings. The number of aliphatic hydroxyl groups is 1. The molecule has 0 radical (unpaired) electrons. The van der Waals surface area contributed by atoms with Gasteiger partial charge >= 0.3 is 0 Å². The fourth-order valence-electron chi connectivity index (χ4n) is 1.72. The largest absolute Gasteiger partial charge is 0.392 e. The Kier molecular flexibility index (Phi) is 4.06. The molecule has 20 heavy (non-hydrogen) atoms. The molecule has 0 spiro atoms. The summed E-state index contributed by atoms with van der Waals surface area (Å²) >= 11 is 5.62. The zero-order valence-electron chi connectivity index (χ0n) is 10.5. The highest BCUT2D eigenvalue weighted by atomic mass is 35.5. The van der Waals surface area contributed by atoms with Gasteiger partial charge in [0, 0.05) is 18.1 Å². The molecule has 0 aliphatic carbocycles. The van der Waals surface area contributed by atoms with Crippen molar-refractivity contribution >= 4 is 28.4 Å². The van der Waals surface area contributed by atoms with Crippen LogP contribution in [0.25, 0.3) is 10.9 Å². The molecule has 1 atom stereocenters. The Bertz CT molecular complexity index is 727. The number of amides is 1. The van der Waals surface area contributed by atoms with Gasteiger partial charge in [0.25, 0.3) is 5.91 Å². The van der Waals surface area contributed by atoms with E-state index in [0.717, 1.165) is 6.07 Å². The minimum absolute atomic E-state index is 0.0191. The van der Waals surface area contributed by atoms with Gasteiger partial charge in [-0.05, 0) is 19.1 Å². The van der Waals surface area contributed by atoms with Crippen LogP contribution in [-0.2, 0) is 0 Å². The van der Waals surface area contributed by atoms with Crippen LogP contribution in [-0.4, -0.2) is 28.6 Å². The number of fused-ring (bicyclic) bond motifs is 1. The molecule has 7 heteroatoms. The van der Waals surface area contributed by atoms with E-state index >= 15 is 0 Å². The summed E-state index contributed by atoms with van der Waals surface area (Å²) in [6.45, 7) is 1.52. The number of H-pyrrole nitrogens is 1. The molecule has 106 valence electrons. The lowest BCUT2D eigenvalue weighted by atomic mass is 10.1. The smallest absolute Gasteiger partial charge is 0.256 e. The van der Waals surface area contributed by atoms with Crippen molar-refractivity contribution in [3.63, 3.8) is 0 Å². The van der Waals surface area contributed by atoms with Gasteiger partial charge in [-0.2, -0.15) is 0 Å².